The van der Waals surface area contributed by atoms with E-state index < -0.39 is 6.04 Å². The van der Waals surface area contributed by atoms with Crippen LogP contribution in [0.1, 0.15) is 30.4 Å². The van der Waals surface area contributed by atoms with Gasteiger partial charge in [0.25, 0.3) is 0 Å². The molecule has 2 aromatic rings. The maximum absolute atomic E-state index is 12.0. The minimum Gasteiger partial charge on any atom is -0.377 e. The van der Waals surface area contributed by atoms with Gasteiger partial charge in [0.05, 0.1) is 25.9 Å². The van der Waals surface area contributed by atoms with Crippen molar-refractivity contribution < 1.29 is 14.3 Å². The maximum atomic E-state index is 12.0. The van der Waals surface area contributed by atoms with Gasteiger partial charge in [-0.3, -0.25) is 4.79 Å². The Bertz CT molecular complexity index is 635. The number of nitrogens with two attached hydrogens (primary N) is 1. The molecule has 5 heteroatoms. The molecule has 0 fully saturated rings. The Kier molecular flexibility index (Phi) is 10.2. The van der Waals surface area contributed by atoms with E-state index in [0.29, 0.717) is 39.4 Å². The molecule has 27 heavy (non-hydrogen) atoms. The zero-order chi connectivity index (χ0) is 19.2. The first kappa shape index (κ1) is 21.1. The lowest BCUT2D eigenvalue weighted by Gasteiger charge is -2.12. The van der Waals surface area contributed by atoms with E-state index in [1.165, 1.54) is 5.56 Å². The van der Waals surface area contributed by atoms with E-state index in [2.05, 4.69) is 5.32 Å². The SMILES string of the molecule is NC(CCCCOCc1ccccc1)C(=O)NCCOCc1ccccc1. The molecule has 3 N–H and O–H groups in total. The fourth-order valence-electron chi connectivity index (χ4n) is 2.61. The highest BCUT2D eigenvalue weighted by molar-refractivity contribution is 5.81. The number of rotatable bonds is 13. The van der Waals surface area contributed by atoms with Crippen LogP contribution >= 0.6 is 0 Å². The molecule has 0 bridgehead atoms. The van der Waals surface area contributed by atoms with E-state index in [9.17, 15) is 4.79 Å². The van der Waals surface area contributed by atoms with Gasteiger partial charge in [0.15, 0.2) is 0 Å². The minimum atomic E-state index is -0.478. The number of amides is 1. The van der Waals surface area contributed by atoms with Crippen molar-refractivity contribution >= 4 is 5.91 Å². The van der Waals surface area contributed by atoms with Crippen molar-refractivity contribution in [3.63, 3.8) is 0 Å². The van der Waals surface area contributed by atoms with E-state index in [4.69, 9.17) is 15.2 Å². The molecule has 0 aliphatic heterocycles. The monoisotopic (exact) mass is 370 g/mol. The highest BCUT2D eigenvalue weighted by Crippen LogP contribution is 2.04. The number of ether oxygens (including phenoxy) is 2. The Morgan fingerprint density at radius 2 is 1.41 bits per heavy atom. The highest BCUT2D eigenvalue weighted by atomic mass is 16.5. The van der Waals surface area contributed by atoms with Crippen LogP contribution in [-0.4, -0.2) is 31.7 Å². The smallest absolute Gasteiger partial charge is 0.236 e. The summed E-state index contributed by atoms with van der Waals surface area (Å²) in [6.07, 6.45) is 2.42. The lowest BCUT2D eigenvalue weighted by Crippen LogP contribution is -2.41. The Hall–Kier alpha value is -2.21. The van der Waals surface area contributed by atoms with Gasteiger partial charge in [-0.25, -0.2) is 0 Å². The molecule has 2 rings (SSSR count). The zero-order valence-electron chi connectivity index (χ0n) is 15.8. The van der Waals surface area contributed by atoms with Gasteiger partial charge >= 0.3 is 0 Å². The van der Waals surface area contributed by atoms with Crippen molar-refractivity contribution in [2.75, 3.05) is 19.8 Å². The van der Waals surface area contributed by atoms with Gasteiger partial charge in [-0.05, 0) is 30.4 Å². The highest BCUT2D eigenvalue weighted by Gasteiger charge is 2.12. The molecule has 0 saturated heterocycles. The summed E-state index contributed by atoms with van der Waals surface area (Å²) < 4.78 is 11.2. The first-order valence-corrected chi connectivity index (χ1v) is 9.52. The molecule has 1 amide bonds. The zero-order valence-corrected chi connectivity index (χ0v) is 15.8. The fourth-order valence-corrected chi connectivity index (χ4v) is 2.61. The van der Waals surface area contributed by atoms with Crippen molar-refractivity contribution in [2.24, 2.45) is 5.73 Å². The molecular weight excluding hydrogens is 340 g/mol. The summed E-state index contributed by atoms with van der Waals surface area (Å²) in [4.78, 5) is 12.0. The first-order valence-electron chi connectivity index (χ1n) is 9.52. The second-order valence-corrected chi connectivity index (χ2v) is 6.47. The Balaban J connectivity index is 1.44. The fraction of sp³-hybridized carbons (Fsp3) is 0.409. The van der Waals surface area contributed by atoms with Gasteiger partial charge in [0.2, 0.25) is 5.91 Å². The number of hydrogen-bond acceptors (Lipinski definition) is 4. The topological polar surface area (TPSA) is 73.6 Å². The Labute approximate surface area is 161 Å². The van der Waals surface area contributed by atoms with Gasteiger partial charge in [0, 0.05) is 13.2 Å². The maximum Gasteiger partial charge on any atom is 0.236 e. The van der Waals surface area contributed by atoms with Crippen LogP contribution in [0.15, 0.2) is 60.7 Å². The molecule has 0 aliphatic carbocycles. The van der Waals surface area contributed by atoms with E-state index in [1.807, 2.05) is 60.7 Å². The molecule has 0 heterocycles. The number of unbranched alkanes of at least 4 members (excludes halogenated alkanes) is 1. The lowest BCUT2D eigenvalue weighted by molar-refractivity contribution is -0.122. The van der Waals surface area contributed by atoms with Crippen LogP contribution in [-0.2, 0) is 27.5 Å². The summed E-state index contributed by atoms with van der Waals surface area (Å²) in [5.74, 6) is -0.122. The van der Waals surface area contributed by atoms with Crippen molar-refractivity contribution in [1.82, 2.24) is 5.32 Å². The Morgan fingerprint density at radius 1 is 0.852 bits per heavy atom. The first-order chi connectivity index (χ1) is 13.3. The molecule has 146 valence electrons. The van der Waals surface area contributed by atoms with Crippen LogP contribution < -0.4 is 11.1 Å². The molecule has 5 nitrogen and oxygen atoms in total. The van der Waals surface area contributed by atoms with Crippen LogP contribution in [0.3, 0.4) is 0 Å². The average molecular weight is 370 g/mol. The van der Waals surface area contributed by atoms with Crippen molar-refractivity contribution in [1.29, 1.82) is 0 Å². The third-order valence-electron chi connectivity index (χ3n) is 4.16. The number of carbonyl (C=O) groups is 1. The van der Waals surface area contributed by atoms with Crippen LogP contribution in [0.5, 0.6) is 0 Å². The van der Waals surface area contributed by atoms with Gasteiger partial charge in [-0.1, -0.05) is 60.7 Å². The number of hydrogen-bond donors (Lipinski definition) is 2. The van der Waals surface area contributed by atoms with Gasteiger partial charge in [-0.2, -0.15) is 0 Å². The molecule has 0 saturated carbocycles. The summed E-state index contributed by atoms with van der Waals surface area (Å²) >= 11 is 0. The molecule has 0 spiro atoms. The molecular formula is C22H30N2O3. The van der Waals surface area contributed by atoms with Crippen molar-refractivity contribution in [3.05, 3.63) is 71.8 Å². The van der Waals surface area contributed by atoms with Crippen LogP contribution in [0.4, 0.5) is 0 Å². The summed E-state index contributed by atoms with van der Waals surface area (Å²) in [5.41, 5.74) is 8.23. The molecule has 0 radical (unpaired) electrons. The van der Waals surface area contributed by atoms with Crippen LogP contribution in [0.2, 0.25) is 0 Å². The summed E-state index contributed by atoms with van der Waals surface area (Å²) in [6, 6.07) is 19.6. The Morgan fingerprint density at radius 3 is 2.00 bits per heavy atom. The predicted molar refractivity (Wildman–Crippen MR) is 107 cm³/mol. The standard InChI is InChI=1S/C22H30N2O3/c23-21(13-7-8-15-26-17-19-9-3-1-4-10-19)22(25)24-14-16-27-18-20-11-5-2-6-12-20/h1-6,9-12,21H,7-8,13-18,23H2,(H,24,25). The second kappa shape index (κ2) is 13.0. The number of carbonyl (C=O) groups excluding carboxylic acids is 1. The van der Waals surface area contributed by atoms with Crippen LogP contribution in [0.25, 0.3) is 0 Å². The third-order valence-corrected chi connectivity index (χ3v) is 4.16. The molecule has 0 aliphatic rings. The summed E-state index contributed by atoms with van der Waals surface area (Å²) in [5, 5.41) is 2.82. The van der Waals surface area contributed by atoms with Gasteiger partial charge in [-0.15, -0.1) is 0 Å². The van der Waals surface area contributed by atoms with Crippen molar-refractivity contribution in [2.45, 2.75) is 38.5 Å². The summed E-state index contributed by atoms with van der Waals surface area (Å²) in [7, 11) is 0. The summed E-state index contributed by atoms with van der Waals surface area (Å²) in [6.45, 7) is 2.79. The lowest BCUT2D eigenvalue weighted by atomic mass is 10.1. The molecule has 1 unspecified atom stereocenters. The number of nitrogens with one attached hydrogen (secondary N) is 1. The van der Waals surface area contributed by atoms with Gasteiger partial charge in [0.1, 0.15) is 0 Å². The minimum absolute atomic E-state index is 0.122. The third kappa shape index (κ3) is 9.33. The molecule has 0 aromatic heterocycles. The normalized spacial score (nSPS) is 11.9. The average Bonchev–Trinajstić information content (AvgIpc) is 2.71. The molecule has 1 atom stereocenters. The van der Waals surface area contributed by atoms with E-state index in [-0.39, 0.29) is 5.91 Å². The quantitative estimate of drug-likeness (QED) is 0.532. The van der Waals surface area contributed by atoms with E-state index in [0.717, 1.165) is 18.4 Å². The van der Waals surface area contributed by atoms with E-state index in [1.54, 1.807) is 0 Å². The van der Waals surface area contributed by atoms with Crippen LogP contribution in [0, 0.1) is 0 Å². The second-order valence-electron chi connectivity index (χ2n) is 6.47. The number of benzene rings is 2. The largest absolute Gasteiger partial charge is 0.377 e. The van der Waals surface area contributed by atoms with E-state index >= 15 is 0 Å². The van der Waals surface area contributed by atoms with Crippen molar-refractivity contribution in [3.8, 4) is 0 Å². The molecule has 2 aromatic carbocycles. The predicted octanol–water partition coefficient (Wildman–Crippen LogP) is 3.03. The van der Waals surface area contributed by atoms with Gasteiger partial charge < -0.3 is 20.5 Å².